The Hall–Kier alpha value is -0.763. The molecule has 0 heterocycles. The molecule has 0 saturated heterocycles. The van der Waals surface area contributed by atoms with Crippen molar-refractivity contribution < 1.29 is 38.7 Å². The first-order chi connectivity index (χ1) is 11.1. The minimum atomic E-state index is -1.36. The predicted molar refractivity (Wildman–Crippen MR) is 89.6 cm³/mol. The second kappa shape index (κ2) is 18.6. The molecule has 5 nitrogen and oxygen atoms in total. The van der Waals surface area contributed by atoms with Gasteiger partial charge in [-0.1, -0.05) is 64.7 Å². The molecule has 0 saturated carbocycles. The molecule has 134 valence electrons. The van der Waals surface area contributed by atoms with E-state index in [0.29, 0.717) is 6.42 Å². The van der Waals surface area contributed by atoms with Gasteiger partial charge in [0.25, 0.3) is 0 Å². The molecule has 2 N–H and O–H groups in total. The van der Waals surface area contributed by atoms with Crippen LogP contribution in [-0.2, 0) is 9.59 Å². The van der Waals surface area contributed by atoms with E-state index in [1.807, 2.05) is 0 Å². The number of aliphatic hydroxyl groups is 1. The molecule has 0 bridgehead atoms. The number of carboxylic acids is 1. The number of unbranched alkanes of at least 4 members (excludes halogenated alkanes) is 9. The van der Waals surface area contributed by atoms with Crippen molar-refractivity contribution in [2.24, 2.45) is 0 Å². The summed E-state index contributed by atoms with van der Waals surface area (Å²) >= 11 is 0. The van der Waals surface area contributed by atoms with Gasteiger partial charge < -0.3 is 20.3 Å². The molecule has 0 rings (SSSR count). The third-order valence-electron chi connectivity index (χ3n) is 3.78. The smallest absolute Gasteiger partial charge is 0.545 e. The van der Waals surface area contributed by atoms with E-state index in [1.165, 1.54) is 44.9 Å². The van der Waals surface area contributed by atoms with E-state index >= 15 is 0 Å². The van der Waals surface area contributed by atoms with Crippen molar-refractivity contribution in [3.8, 4) is 0 Å². The minimum absolute atomic E-state index is 0. The van der Waals surface area contributed by atoms with Crippen molar-refractivity contribution in [3.05, 3.63) is 11.6 Å². The van der Waals surface area contributed by atoms with Gasteiger partial charge >= 0.3 is 18.9 Å². The van der Waals surface area contributed by atoms with Crippen molar-refractivity contribution in [1.82, 2.24) is 5.32 Å². The van der Waals surface area contributed by atoms with Gasteiger partial charge in [0.2, 0.25) is 5.91 Å². The molecule has 0 aliphatic rings. The molecule has 0 radical (unpaired) electrons. The van der Waals surface area contributed by atoms with E-state index in [1.54, 1.807) is 0 Å². The van der Waals surface area contributed by atoms with Gasteiger partial charge in [0, 0.05) is 12.1 Å². The summed E-state index contributed by atoms with van der Waals surface area (Å²) in [6.07, 6.45) is 13.2. The maximum absolute atomic E-state index is 11.7. The number of hydrogen-bond donors (Lipinski definition) is 2. The third kappa shape index (κ3) is 16.1. The zero-order valence-electron chi connectivity index (χ0n) is 15.4. The molecule has 0 aromatic heterocycles. The molecule has 0 fully saturated rings. The second-order valence-electron chi connectivity index (χ2n) is 5.90. The molecule has 0 atom stereocenters. The van der Waals surface area contributed by atoms with Gasteiger partial charge in [-0.25, -0.2) is 0 Å². The van der Waals surface area contributed by atoms with Crippen molar-refractivity contribution >= 4 is 11.9 Å². The summed E-state index contributed by atoms with van der Waals surface area (Å²) < 4.78 is 0. The van der Waals surface area contributed by atoms with E-state index in [-0.39, 0.29) is 37.6 Å². The molecule has 24 heavy (non-hydrogen) atoms. The molecule has 0 aromatic carbocycles. The Morgan fingerprint density at radius 3 is 1.92 bits per heavy atom. The van der Waals surface area contributed by atoms with Crippen LogP contribution in [0.4, 0.5) is 0 Å². The fraction of sp³-hybridized carbons (Fsp3) is 0.778. The van der Waals surface area contributed by atoms with Crippen LogP contribution in [0.5, 0.6) is 0 Å². The first-order valence-electron chi connectivity index (χ1n) is 8.92. The first kappa shape index (κ1) is 25.5. The van der Waals surface area contributed by atoms with Crippen LogP contribution in [0.25, 0.3) is 0 Å². The minimum Gasteiger partial charge on any atom is -0.545 e. The molecule has 6 heteroatoms. The average molecular weight is 333 g/mol. The standard InChI is InChI=1S/C18H33NO4.Li/c1-2-3-4-5-6-7-8-9-10-11-12-16(15-17(21)22)18(23)19-13-14-20;/h15,20H,2-14H2,1H3,(H,19,23)(H,21,22);/q;+1/p-1/b16-15-;. The van der Waals surface area contributed by atoms with Gasteiger partial charge in [-0.3, -0.25) is 4.79 Å². The summed E-state index contributed by atoms with van der Waals surface area (Å²) in [5, 5.41) is 21.8. The van der Waals surface area contributed by atoms with E-state index in [2.05, 4.69) is 12.2 Å². The quantitative estimate of drug-likeness (QED) is 0.231. The van der Waals surface area contributed by atoms with Crippen LogP contribution in [-0.4, -0.2) is 30.1 Å². The van der Waals surface area contributed by atoms with Gasteiger partial charge in [0.15, 0.2) is 0 Å². The maximum Gasteiger partial charge on any atom is 1.00 e. The Kier molecular flexibility index (Phi) is 19.7. The first-order valence-corrected chi connectivity index (χ1v) is 8.92. The van der Waals surface area contributed by atoms with Crippen molar-refractivity contribution in [1.29, 1.82) is 0 Å². The summed E-state index contributed by atoms with van der Waals surface area (Å²) in [5.41, 5.74) is 0.220. The Morgan fingerprint density at radius 1 is 0.958 bits per heavy atom. The van der Waals surface area contributed by atoms with Crippen molar-refractivity contribution in [3.63, 3.8) is 0 Å². The van der Waals surface area contributed by atoms with Crippen LogP contribution < -0.4 is 29.3 Å². The van der Waals surface area contributed by atoms with Crippen LogP contribution in [0.2, 0.25) is 0 Å². The van der Waals surface area contributed by atoms with Crippen LogP contribution in [0.1, 0.15) is 77.6 Å². The number of nitrogens with one attached hydrogen (secondary N) is 1. The Morgan fingerprint density at radius 2 is 1.46 bits per heavy atom. The topological polar surface area (TPSA) is 89.5 Å². The SMILES string of the molecule is CCCCCCCCCCCC/C(=C/C(=O)[O-])C(=O)NCCO.[Li+]. The molecule has 0 aliphatic carbocycles. The molecule has 0 aromatic rings. The van der Waals surface area contributed by atoms with Crippen LogP contribution in [0.15, 0.2) is 11.6 Å². The zero-order valence-corrected chi connectivity index (χ0v) is 15.4. The normalized spacial score (nSPS) is 11.0. The number of carbonyl (C=O) groups is 2. The summed E-state index contributed by atoms with van der Waals surface area (Å²) in [6, 6.07) is 0. The van der Waals surface area contributed by atoms with Crippen LogP contribution in [0.3, 0.4) is 0 Å². The molecule has 0 spiro atoms. The van der Waals surface area contributed by atoms with Gasteiger partial charge in [0.1, 0.15) is 0 Å². The summed E-state index contributed by atoms with van der Waals surface area (Å²) in [5.74, 6) is -1.79. The van der Waals surface area contributed by atoms with Crippen LogP contribution in [0, 0.1) is 0 Å². The maximum atomic E-state index is 11.7. The Bertz CT molecular complexity index is 359. The zero-order chi connectivity index (χ0) is 17.3. The van der Waals surface area contributed by atoms with E-state index in [4.69, 9.17) is 5.11 Å². The van der Waals surface area contributed by atoms with Gasteiger partial charge in [0.05, 0.1) is 12.6 Å². The second-order valence-corrected chi connectivity index (χ2v) is 5.90. The number of rotatable bonds is 15. The van der Waals surface area contributed by atoms with Crippen molar-refractivity contribution in [2.75, 3.05) is 13.2 Å². The predicted octanol–water partition coefficient (Wildman–Crippen LogP) is -0.914. The van der Waals surface area contributed by atoms with Gasteiger partial charge in [-0.15, -0.1) is 0 Å². The van der Waals surface area contributed by atoms with Gasteiger partial charge in [-0.05, 0) is 18.9 Å². The summed E-state index contributed by atoms with van der Waals surface area (Å²) in [4.78, 5) is 22.4. The average Bonchev–Trinajstić information content (AvgIpc) is 2.52. The number of hydrogen-bond acceptors (Lipinski definition) is 4. The number of aliphatic carboxylic acids is 1. The van der Waals surface area contributed by atoms with E-state index in [0.717, 1.165) is 25.3 Å². The molecule has 0 unspecified atom stereocenters. The Balaban J connectivity index is 0. The van der Waals surface area contributed by atoms with Crippen LogP contribution >= 0.6 is 0 Å². The number of carbonyl (C=O) groups excluding carboxylic acids is 2. The fourth-order valence-corrected chi connectivity index (χ4v) is 2.48. The molecular formula is C18H32LiNO4. The number of amides is 1. The molecule has 1 amide bonds. The Labute approximate surface area is 158 Å². The third-order valence-corrected chi connectivity index (χ3v) is 3.78. The fourth-order valence-electron chi connectivity index (χ4n) is 2.48. The molecule has 0 aliphatic heterocycles. The molecular weight excluding hydrogens is 301 g/mol. The van der Waals surface area contributed by atoms with Gasteiger partial charge in [-0.2, -0.15) is 0 Å². The summed E-state index contributed by atoms with van der Waals surface area (Å²) in [7, 11) is 0. The van der Waals surface area contributed by atoms with E-state index < -0.39 is 11.9 Å². The monoisotopic (exact) mass is 333 g/mol. The summed E-state index contributed by atoms with van der Waals surface area (Å²) in [6.45, 7) is 2.18. The van der Waals surface area contributed by atoms with E-state index in [9.17, 15) is 14.7 Å². The van der Waals surface area contributed by atoms with Crippen molar-refractivity contribution in [2.45, 2.75) is 77.6 Å². The largest absolute Gasteiger partial charge is 1.00 e. The number of aliphatic hydroxyl groups excluding tert-OH is 1. The number of carboxylic acid groups (broad SMARTS) is 1.